The minimum atomic E-state index is -0.730. The number of benzene rings is 1. The molecule has 0 unspecified atom stereocenters. The van der Waals surface area contributed by atoms with Crippen molar-refractivity contribution >= 4 is 44.9 Å². The molecule has 3 aromatic rings. The highest BCUT2D eigenvalue weighted by atomic mass is 32.2. The number of thioether (sulfide) groups is 1. The van der Waals surface area contributed by atoms with Crippen molar-refractivity contribution in [3.8, 4) is 11.1 Å². The first-order valence-corrected chi connectivity index (χ1v) is 9.15. The zero-order valence-electron chi connectivity index (χ0n) is 13.6. The van der Waals surface area contributed by atoms with Crippen LogP contribution in [0.15, 0.2) is 41.7 Å². The normalized spacial score (nSPS) is 11.2. The summed E-state index contributed by atoms with van der Waals surface area (Å²) in [5, 5.41) is 0.870. The van der Waals surface area contributed by atoms with E-state index in [1.165, 1.54) is 31.9 Å². The molecule has 0 radical (unpaired) electrons. The van der Waals surface area contributed by atoms with Gasteiger partial charge in [0.15, 0.2) is 11.6 Å². The van der Waals surface area contributed by atoms with Crippen LogP contribution in [0.3, 0.4) is 0 Å². The van der Waals surface area contributed by atoms with E-state index in [2.05, 4.69) is 16.9 Å². The van der Waals surface area contributed by atoms with Crippen molar-refractivity contribution in [1.82, 2.24) is 9.97 Å². The number of Topliss-reactive ketones (excluding diaryl/α,β-unsaturated/α-hetero) is 2. The summed E-state index contributed by atoms with van der Waals surface area (Å²) < 4.78 is 0. The summed E-state index contributed by atoms with van der Waals surface area (Å²) in [5.74, 6) is -0.319. The number of aromatic nitrogens is 2. The molecule has 4 nitrogen and oxygen atoms in total. The minimum absolute atomic E-state index is 0.160. The maximum Gasteiger partial charge on any atom is 0.150 e. The number of hydrogen-bond acceptors (Lipinski definition) is 6. The first kappa shape index (κ1) is 16.8. The van der Waals surface area contributed by atoms with E-state index in [4.69, 9.17) is 0 Å². The van der Waals surface area contributed by atoms with Crippen LogP contribution in [-0.2, 0) is 9.59 Å². The third-order valence-corrected chi connectivity index (χ3v) is 6.11. The molecule has 6 heteroatoms. The van der Waals surface area contributed by atoms with Crippen LogP contribution >= 0.6 is 23.1 Å². The van der Waals surface area contributed by atoms with Gasteiger partial charge in [-0.2, -0.15) is 0 Å². The quantitative estimate of drug-likeness (QED) is 0.387. The van der Waals surface area contributed by atoms with Gasteiger partial charge in [-0.05, 0) is 26.3 Å². The Balaban J connectivity index is 2.19. The summed E-state index contributed by atoms with van der Waals surface area (Å²) >= 11 is 2.81. The molecule has 0 saturated heterocycles. The molecular weight excluding hydrogens is 340 g/mol. The van der Waals surface area contributed by atoms with Gasteiger partial charge in [0.05, 0.1) is 5.39 Å². The number of fused-ring (bicyclic) bond motifs is 1. The Hall–Kier alpha value is -2.05. The number of rotatable bonds is 5. The number of carbonyl (C=O) groups excluding carboxylic acids is 2. The Bertz CT molecular complexity index is 905. The maximum absolute atomic E-state index is 11.8. The molecule has 2 heterocycles. The lowest BCUT2D eigenvalue weighted by Crippen LogP contribution is -2.22. The van der Waals surface area contributed by atoms with Crippen LogP contribution in [-0.4, -0.2) is 26.8 Å². The molecule has 0 N–H and O–H groups in total. The van der Waals surface area contributed by atoms with E-state index < -0.39 is 5.25 Å². The van der Waals surface area contributed by atoms with Crippen molar-refractivity contribution in [2.24, 2.45) is 0 Å². The average Bonchev–Trinajstić information content (AvgIpc) is 2.89. The van der Waals surface area contributed by atoms with Gasteiger partial charge in [-0.15, -0.1) is 11.3 Å². The summed E-state index contributed by atoms with van der Waals surface area (Å²) in [5.41, 5.74) is 2.16. The lowest BCUT2D eigenvalue weighted by molar-refractivity contribution is -0.123. The highest BCUT2D eigenvalue weighted by Gasteiger charge is 2.25. The molecular formula is C18H16N2O2S2. The van der Waals surface area contributed by atoms with E-state index in [1.54, 1.807) is 11.3 Å². The molecule has 0 aliphatic heterocycles. The number of aryl methyl sites for hydroxylation is 1. The third-order valence-electron chi connectivity index (χ3n) is 3.66. The molecule has 122 valence electrons. The summed E-state index contributed by atoms with van der Waals surface area (Å²) in [7, 11) is 0. The molecule has 0 spiro atoms. The largest absolute Gasteiger partial charge is 0.298 e. The van der Waals surface area contributed by atoms with Gasteiger partial charge < -0.3 is 0 Å². The van der Waals surface area contributed by atoms with Crippen molar-refractivity contribution in [2.45, 2.75) is 31.0 Å². The van der Waals surface area contributed by atoms with Gasteiger partial charge in [0.2, 0.25) is 0 Å². The summed E-state index contributed by atoms with van der Waals surface area (Å²) in [6.45, 7) is 4.93. The summed E-state index contributed by atoms with van der Waals surface area (Å²) in [6.07, 6.45) is 1.49. The highest BCUT2D eigenvalue weighted by molar-refractivity contribution is 8.01. The van der Waals surface area contributed by atoms with Crippen molar-refractivity contribution < 1.29 is 9.59 Å². The fraction of sp³-hybridized carbons (Fsp3) is 0.222. The predicted octanol–water partition coefficient (Wildman–Crippen LogP) is 4.31. The molecule has 0 amide bonds. The van der Waals surface area contributed by atoms with Crippen LogP contribution in [0.4, 0.5) is 0 Å². The minimum Gasteiger partial charge on any atom is -0.298 e. The van der Waals surface area contributed by atoms with Crippen LogP contribution in [0.25, 0.3) is 21.3 Å². The Morgan fingerprint density at radius 2 is 1.75 bits per heavy atom. The second kappa shape index (κ2) is 6.83. The zero-order valence-corrected chi connectivity index (χ0v) is 15.2. The first-order valence-electron chi connectivity index (χ1n) is 7.46. The molecule has 0 saturated carbocycles. The monoisotopic (exact) mass is 356 g/mol. The van der Waals surface area contributed by atoms with Gasteiger partial charge >= 0.3 is 0 Å². The van der Waals surface area contributed by atoms with E-state index >= 15 is 0 Å². The van der Waals surface area contributed by atoms with Crippen molar-refractivity contribution in [3.05, 3.63) is 41.5 Å². The lowest BCUT2D eigenvalue weighted by Gasteiger charge is -2.11. The van der Waals surface area contributed by atoms with E-state index in [0.717, 1.165) is 26.2 Å². The summed E-state index contributed by atoms with van der Waals surface area (Å²) in [4.78, 5) is 34.4. The van der Waals surface area contributed by atoms with Gasteiger partial charge in [-0.3, -0.25) is 9.59 Å². The van der Waals surface area contributed by atoms with Gasteiger partial charge in [-0.1, -0.05) is 42.1 Å². The van der Waals surface area contributed by atoms with Crippen LogP contribution in [0.1, 0.15) is 18.7 Å². The van der Waals surface area contributed by atoms with E-state index in [1.807, 2.05) is 30.3 Å². The smallest absolute Gasteiger partial charge is 0.150 e. The molecule has 0 atom stereocenters. The average molecular weight is 356 g/mol. The van der Waals surface area contributed by atoms with E-state index in [9.17, 15) is 9.59 Å². The second-order valence-corrected chi connectivity index (χ2v) is 7.77. The number of hydrogen-bond donors (Lipinski definition) is 0. The summed E-state index contributed by atoms with van der Waals surface area (Å²) in [6, 6.07) is 10.0. The maximum atomic E-state index is 11.8. The van der Waals surface area contributed by atoms with Crippen molar-refractivity contribution in [1.29, 1.82) is 0 Å². The topological polar surface area (TPSA) is 59.9 Å². The van der Waals surface area contributed by atoms with Crippen LogP contribution < -0.4 is 0 Å². The number of carbonyl (C=O) groups is 2. The molecule has 0 fully saturated rings. The molecule has 0 bridgehead atoms. The lowest BCUT2D eigenvalue weighted by atomic mass is 10.0. The molecule has 0 aliphatic carbocycles. The van der Waals surface area contributed by atoms with Crippen LogP contribution in [0.5, 0.6) is 0 Å². The van der Waals surface area contributed by atoms with Crippen molar-refractivity contribution in [2.75, 3.05) is 0 Å². The van der Waals surface area contributed by atoms with E-state index in [-0.39, 0.29) is 11.6 Å². The zero-order chi connectivity index (χ0) is 17.3. The van der Waals surface area contributed by atoms with Gasteiger partial charge in [-0.25, -0.2) is 9.97 Å². The van der Waals surface area contributed by atoms with Crippen LogP contribution in [0.2, 0.25) is 0 Å². The molecule has 2 aromatic heterocycles. The molecule has 24 heavy (non-hydrogen) atoms. The first-order chi connectivity index (χ1) is 11.5. The third kappa shape index (κ3) is 3.12. The highest BCUT2D eigenvalue weighted by Crippen LogP contribution is 2.42. The van der Waals surface area contributed by atoms with Gasteiger partial charge in [0.1, 0.15) is 21.4 Å². The molecule has 3 rings (SSSR count). The fourth-order valence-electron chi connectivity index (χ4n) is 2.62. The van der Waals surface area contributed by atoms with Crippen molar-refractivity contribution in [3.63, 3.8) is 0 Å². The molecule has 0 aliphatic rings. The SMILES string of the molecule is CC(=O)C(Sc1ncnc2sc(C)c(-c3ccccc3)c12)C(C)=O. The Labute approximate surface area is 148 Å². The van der Waals surface area contributed by atoms with E-state index in [0.29, 0.717) is 5.03 Å². The predicted molar refractivity (Wildman–Crippen MR) is 98.6 cm³/mol. The Morgan fingerprint density at radius 1 is 1.08 bits per heavy atom. The van der Waals surface area contributed by atoms with Gasteiger partial charge in [0, 0.05) is 10.4 Å². The number of ketones is 2. The standard InChI is InChI=1S/C18H16N2O2S2/c1-10(21)16(11(2)22)24-18-15-14(13-7-5-4-6-8-13)12(3)23-17(15)19-9-20-18/h4-9,16H,1-3H3. The van der Waals surface area contributed by atoms with Crippen LogP contribution in [0, 0.1) is 6.92 Å². The molecule has 1 aromatic carbocycles. The van der Waals surface area contributed by atoms with Gasteiger partial charge in [0.25, 0.3) is 0 Å². The number of thiophene rings is 1. The Morgan fingerprint density at radius 3 is 2.38 bits per heavy atom. The second-order valence-electron chi connectivity index (χ2n) is 5.48. The fourth-order valence-corrected chi connectivity index (χ4v) is 4.68. The number of nitrogens with zero attached hydrogens (tertiary/aromatic N) is 2. The Kier molecular flexibility index (Phi) is 4.78.